The van der Waals surface area contributed by atoms with Crippen LogP contribution in [0.1, 0.15) is 31.7 Å². The van der Waals surface area contributed by atoms with Gasteiger partial charge in [-0.05, 0) is 42.7 Å². The molecule has 1 aliphatic rings. The molecule has 1 unspecified atom stereocenters. The summed E-state index contributed by atoms with van der Waals surface area (Å²) in [5.74, 6) is 1.11. The second kappa shape index (κ2) is 10.0. The minimum Gasteiger partial charge on any atom is -0.493 e. The smallest absolute Gasteiger partial charge is 0.319 e. The molecule has 1 heterocycles. The third-order valence-electron chi connectivity index (χ3n) is 5.17. The Hall–Kier alpha value is -3.22. The standard InChI is InChI=1S/C23H29N3O4/c1-4-5-6-16-7-9-17(10-8-16)24-23(28)25-18-13-22(27)26(15-18)19-11-12-20(29-2)21(14-19)30-3/h7-12,14,18H,4-6,13,15H2,1-3H3,(H2,24,25,28). The third kappa shape index (κ3) is 5.23. The summed E-state index contributed by atoms with van der Waals surface area (Å²) in [6, 6.07) is 12.6. The molecule has 1 fully saturated rings. The van der Waals surface area contributed by atoms with E-state index in [0.717, 1.165) is 24.9 Å². The zero-order valence-corrected chi connectivity index (χ0v) is 17.7. The van der Waals surface area contributed by atoms with Crippen LogP contribution in [0.15, 0.2) is 42.5 Å². The van der Waals surface area contributed by atoms with Crippen molar-refractivity contribution < 1.29 is 19.1 Å². The molecule has 0 spiro atoms. The van der Waals surface area contributed by atoms with Crippen LogP contribution in [-0.2, 0) is 11.2 Å². The fraction of sp³-hybridized carbons (Fsp3) is 0.391. The van der Waals surface area contributed by atoms with Crippen LogP contribution in [0, 0.1) is 0 Å². The van der Waals surface area contributed by atoms with E-state index < -0.39 is 0 Å². The average molecular weight is 412 g/mol. The van der Waals surface area contributed by atoms with Gasteiger partial charge in [0.05, 0.1) is 20.3 Å². The maximum absolute atomic E-state index is 12.5. The minimum absolute atomic E-state index is 0.0483. The van der Waals surface area contributed by atoms with Gasteiger partial charge >= 0.3 is 6.03 Å². The Bertz CT molecular complexity index is 883. The van der Waals surface area contributed by atoms with Crippen molar-refractivity contribution >= 4 is 23.3 Å². The fourth-order valence-electron chi connectivity index (χ4n) is 3.53. The lowest BCUT2D eigenvalue weighted by Gasteiger charge is -2.19. The van der Waals surface area contributed by atoms with Crippen LogP contribution < -0.4 is 25.0 Å². The Labute approximate surface area is 177 Å². The van der Waals surface area contributed by atoms with Crippen molar-refractivity contribution in [1.29, 1.82) is 0 Å². The van der Waals surface area contributed by atoms with Crippen LogP contribution in [0.4, 0.5) is 16.2 Å². The summed E-state index contributed by atoms with van der Waals surface area (Å²) in [6.07, 6.45) is 3.60. The van der Waals surface area contributed by atoms with Gasteiger partial charge in [-0.3, -0.25) is 4.79 Å². The Morgan fingerprint density at radius 2 is 1.83 bits per heavy atom. The average Bonchev–Trinajstić information content (AvgIpc) is 3.12. The van der Waals surface area contributed by atoms with Crippen LogP contribution >= 0.6 is 0 Å². The van der Waals surface area contributed by atoms with Crippen molar-refractivity contribution in [3.05, 3.63) is 48.0 Å². The molecule has 7 nitrogen and oxygen atoms in total. The number of hydrogen-bond acceptors (Lipinski definition) is 4. The zero-order chi connectivity index (χ0) is 21.5. The lowest BCUT2D eigenvalue weighted by atomic mass is 10.1. The van der Waals surface area contributed by atoms with E-state index in [9.17, 15) is 9.59 Å². The number of unbranched alkanes of at least 4 members (excludes halogenated alkanes) is 1. The second-order valence-corrected chi connectivity index (χ2v) is 7.34. The molecule has 30 heavy (non-hydrogen) atoms. The number of aryl methyl sites for hydroxylation is 1. The van der Waals surface area contributed by atoms with Gasteiger partial charge in [-0.2, -0.15) is 0 Å². The van der Waals surface area contributed by atoms with E-state index in [-0.39, 0.29) is 24.4 Å². The summed E-state index contributed by atoms with van der Waals surface area (Å²) in [5, 5.41) is 5.73. The monoisotopic (exact) mass is 411 g/mol. The van der Waals surface area contributed by atoms with Gasteiger partial charge in [-0.1, -0.05) is 25.5 Å². The number of methoxy groups -OCH3 is 2. The van der Waals surface area contributed by atoms with Gasteiger partial charge < -0.3 is 25.0 Å². The van der Waals surface area contributed by atoms with Gasteiger partial charge in [-0.25, -0.2) is 4.79 Å². The largest absolute Gasteiger partial charge is 0.493 e. The molecule has 1 aliphatic heterocycles. The molecule has 3 amide bonds. The van der Waals surface area contributed by atoms with Gasteiger partial charge in [0.1, 0.15) is 0 Å². The van der Waals surface area contributed by atoms with Gasteiger partial charge in [0, 0.05) is 30.4 Å². The quantitative estimate of drug-likeness (QED) is 0.689. The highest BCUT2D eigenvalue weighted by Crippen LogP contribution is 2.33. The predicted molar refractivity (Wildman–Crippen MR) is 118 cm³/mol. The van der Waals surface area contributed by atoms with Gasteiger partial charge in [0.15, 0.2) is 11.5 Å². The Morgan fingerprint density at radius 1 is 1.10 bits per heavy atom. The highest BCUT2D eigenvalue weighted by molar-refractivity contribution is 5.98. The van der Waals surface area contributed by atoms with Crippen LogP contribution in [0.25, 0.3) is 0 Å². The first kappa shape index (κ1) is 21.5. The van der Waals surface area contributed by atoms with Crippen molar-refractivity contribution in [2.24, 2.45) is 0 Å². The summed E-state index contributed by atoms with van der Waals surface area (Å²) >= 11 is 0. The molecule has 1 saturated heterocycles. The minimum atomic E-state index is -0.316. The number of amides is 3. The van der Waals surface area contributed by atoms with Crippen LogP contribution in [0.3, 0.4) is 0 Å². The molecule has 0 aliphatic carbocycles. The number of hydrogen-bond donors (Lipinski definition) is 2. The normalized spacial score (nSPS) is 15.8. The summed E-state index contributed by atoms with van der Waals surface area (Å²) < 4.78 is 10.6. The number of nitrogens with zero attached hydrogens (tertiary/aromatic N) is 1. The number of rotatable bonds is 8. The van der Waals surface area contributed by atoms with Crippen LogP contribution in [0.2, 0.25) is 0 Å². The molecule has 0 aromatic heterocycles. The number of carbonyl (C=O) groups excluding carboxylic acids is 2. The molecule has 160 valence electrons. The number of anilines is 2. The van der Waals surface area contributed by atoms with Gasteiger partial charge in [0.2, 0.25) is 5.91 Å². The number of nitrogens with one attached hydrogen (secondary N) is 2. The summed E-state index contributed by atoms with van der Waals surface area (Å²) in [7, 11) is 3.12. The molecule has 0 saturated carbocycles. The summed E-state index contributed by atoms with van der Waals surface area (Å²) in [4.78, 5) is 26.5. The molecule has 2 N–H and O–H groups in total. The van der Waals surface area contributed by atoms with E-state index in [4.69, 9.17) is 9.47 Å². The van der Waals surface area contributed by atoms with E-state index >= 15 is 0 Å². The first-order valence-electron chi connectivity index (χ1n) is 10.2. The summed E-state index contributed by atoms with van der Waals surface area (Å²) in [5.41, 5.74) is 2.70. The lowest BCUT2D eigenvalue weighted by Crippen LogP contribution is -2.39. The Kier molecular flexibility index (Phi) is 7.17. The fourth-order valence-corrected chi connectivity index (χ4v) is 3.53. The Morgan fingerprint density at radius 3 is 2.50 bits per heavy atom. The predicted octanol–water partition coefficient (Wildman–Crippen LogP) is 3.97. The van der Waals surface area contributed by atoms with Gasteiger partial charge in [0.25, 0.3) is 0 Å². The van der Waals surface area contributed by atoms with Crippen LogP contribution in [0.5, 0.6) is 11.5 Å². The van der Waals surface area contributed by atoms with Crippen molar-refractivity contribution in [2.75, 3.05) is 31.0 Å². The molecule has 1 atom stereocenters. The molecule has 0 bridgehead atoms. The van der Waals surface area contributed by atoms with Crippen molar-refractivity contribution in [2.45, 2.75) is 38.6 Å². The highest BCUT2D eigenvalue weighted by Gasteiger charge is 2.32. The topological polar surface area (TPSA) is 79.9 Å². The van der Waals surface area contributed by atoms with Gasteiger partial charge in [-0.15, -0.1) is 0 Å². The van der Waals surface area contributed by atoms with Crippen molar-refractivity contribution in [3.63, 3.8) is 0 Å². The zero-order valence-electron chi connectivity index (χ0n) is 17.7. The SMILES string of the molecule is CCCCc1ccc(NC(=O)NC2CC(=O)N(c3ccc(OC)c(OC)c3)C2)cc1. The van der Waals surface area contributed by atoms with E-state index in [1.807, 2.05) is 30.3 Å². The third-order valence-corrected chi connectivity index (χ3v) is 5.17. The number of benzene rings is 2. The maximum atomic E-state index is 12.5. The highest BCUT2D eigenvalue weighted by atomic mass is 16.5. The van der Waals surface area contributed by atoms with E-state index in [2.05, 4.69) is 17.6 Å². The van der Waals surface area contributed by atoms with E-state index in [1.54, 1.807) is 31.3 Å². The van der Waals surface area contributed by atoms with E-state index in [0.29, 0.717) is 23.7 Å². The molecule has 2 aromatic carbocycles. The first-order valence-corrected chi connectivity index (χ1v) is 10.2. The first-order chi connectivity index (χ1) is 14.5. The van der Waals surface area contributed by atoms with Crippen molar-refractivity contribution in [3.8, 4) is 11.5 Å². The number of carbonyl (C=O) groups is 2. The lowest BCUT2D eigenvalue weighted by molar-refractivity contribution is -0.117. The molecule has 2 aromatic rings. The Balaban J connectivity index is 1.57. The molecular formula is C23H29N3O4. The molecule has 0 radical (unpaired) electrons. The maximum Gasteiger partial charge on any atom is 0.319 e. The molecular weight excluding hydrogens is 382 g/mol. The number of urea groups is 1. The molecule has 3 rings (SSSR count). The number of ether oxygens (including phenoxy) is 2. The van der Waals surface area contributed by atoms with Crippen LogP contribution in [-0.4, -0.2) is 38.7 Å². The van der Waals surface area contributed by atoms with E-state index in [1.165, 1.54) is 5.56 Å². The second-order valence-electron chi connectivity index (χ2n) is 7.34. The van der Waals surface area contributed by atoms with Crippen molar-refractivity contribution in [1.82, 2.24) is 5.32 Å². The summed E-state index contributed by atoms with van der Waals surface area (Å²) in [6.45, 7) is 2.57. The molecule has 7 heteroatoms.